The van der Waals surface area contributed by atoms with Crippen LogP contribution in [0.3, 0.4) is 0 Å². The fourth-order valence-corrected chi connectivity index (χ4v) is 2.33. The van der Waals surface area contributed by atoms with Gasteiger partial charge < -0.3 is 9.47 Å². The number of hydrogen-bond acceptors (Lipinski definition) is 3. The summed E-state index contributed by atoms with van der Waals surface area (Å²) in [5.74, 6) is -0.302. The lowest BCUT2D eigenvalue weighted by Gasteiger charge is -2.16. The number of carbonyl (C=O) groups excluding carboxylic acids is 1. The Hall–Kier alpha value is -1.42. The highest BCUT2D eigenvalue weighted by Gasteiger charge is 2.12. The first-order valence-electron chi connectivity index (χ1n) is 9.11. The van der Waals surface area contributed by atoms with Gasteiger partial charge in [-0.2, -0.15) is 0 Å². The molecule has 0 heterocycles. The van der Waals surface area contributed by atoms with Crippen LogP contribution in [-0.4, -0.2) is 25.4 Å². The minimum atomic E-state index is -0.910. The highest BCUT2D eigenvalue weighted by molar-refractivity contribution is 5.89. The van der Waals surface area contributed by atoms with E-state index in [1.54, 1.807) is 12.1 Å². The van der Waals surface area contributed by atoms with E-state index in [4.69, 9.17) is 9.47 Å². The van der Waals surface area contributed by atoms with Gasteiger partial charge in [0.15, 0.2) is 0 Å². The van der Waals surface area contributed by atoms with Crippen LogP contribution < -0.4 is 0 Å². The van der Waals surface area contributed by atoms with Crippen LogP contribution in [0.1, 0.15) is 81.3 Å². The Morgan fingerprint density at radius 1 is 1.08 bits per heavy atom. The molecule has 136 valence electrons. The molecule has 0 aromatic heterocycles. The zero-order valence-electron chi connectivity index (χ0n) is 15.2. The Kier molecular flexibility index (Phi) is 10.3. The van der Waals surface area contributed by atoms with Crippen LogP contribution in [0.4, 0.5) is 4.39 Å². The van der Waals surface area contributed by atoms with Crippen LogP contribution in [-0.2, 0) is 9.47 Å². The molecule has 2 unspecified atom stereocenters. The molecule has 3 nitrogen and oxygen atoms in total. The first-order valence-corrected chi connectivity index (χ1v) is 9.11. The molecule has 0 saturated carbocycles. The lowest BCUT2D eigenvalue weighted by atomic mass is 10.1. The second-order valence-corrected chi connectivity index (χ2v) is 6.18. The zero-order chi connectivity index (χ0) is 17.8. The average Bonchev–Trinajstić information content (AvgIpc) is 2.60. The minimum Gasteiger partial charge on any atom is -0.462 e. The molecular formula is C20H31FO3. The summed E-state index contributed by atoms with van der Waals surface area (Å²) < 4.78 is 24.5. The number of unbranched alkanes of at least 4 members (excludes halogenated alkanes) is 3. The van der Waals surface area contributed by atoms with Gasteiger partial charge in [-0.25, -0.2) is 9.18 Å². The maximum absolute atomic E-state index is 13.7. The van der Waals surface area contributed by atoms with Crippen molar-refractivity contribution < 1.29 is 18.7 Å². The molecule has 1 aromatic rings. The van der Waals surface area contributed by atoms with Crippen molar-refractivity contribution in [1.29, 1.82) is 0 Å². The van der Waals surface area contributed by atoms with Crippen molar-refractivity contribution in [1.82, 2.24) is 0 Å². The van der Waals surface area contributed by atoms with E-state index in [9.17, 15) is 9.18 Å². The minimum absolute atomic E-state index is 0.117. The first-order chi connectivity index (χ1) is 11.6. The lowest BCUT2D eigenvalue weighted by molar-refractivity contribution is 0.0247. The SMILES string of the molecule is CCCCCC(F)COC(C)c1ccc(C(=O)OCCCC)cc1. The van der Waals surface area contributed by atoms with Gasteiger partial charge in [0.1, 0.15) is 6.17 Å². The fourth-order valence-electron chi connectivity index (χ4n) is 2.33. The van der Waals surface area contributed by atoms with Crippen molar-refractivity contribution in [3.05, 3.63) is 35.4 Å². The summed E-state index contributed by atoms with van der Waals surface area (Å²) in [5.41, 5.74) is 1.46. The van der Waals surface area contributed by atoms with Crippen LogP contribution >= 0.6 is 0 Å². The van der Waals surface area contributed by atoms with E-state index >= 15 is 0 Å². The smallest absolute Gasteiger partial charge is 0.338 e. The number of hydrogen-bond donors (Lipinski definition) is 0. The predicted molar refractivity (Wildman–Crippen MR) is 95.0 cm³/mol. The first kappa shape index (κ1) is 20.6. The topological polar surface area (TPSA) is 35.5 Å². The van der Waals surface area contributed by atoms with Crippen molar-refractivity contribution in [2.45, 2.75) is 71.6 Å². The van der Waals surface area contributed by atoms with Gasteiger partial charge in [0, 0.05) is 0 Å². The third kappa shape index (κ3) is 7.91. The van der Waals surface area contributed by atoms with Gasteiger partial charge in [-0.05, 0) is 37.5 Å². The standard InChI is InChI=1S/C20H31FO3/c1-4-6-8-9-19(21)15-24-16(3)17-10-12-18(13-11-17)20(22)23-14-7-5-2/h10-13,16,19H,4-9,14-15H2,1-3H3. The van der Waals surface area contributed by atoms with Gasteiger partial charge in [0.25, 0.3) is 0 Å². The molecule has 0 amide bonds. The number of esters is 1. The van der Waals surface area contributed by atoms with Gasteiger partial charge in [0.05, 0.1) is 24.9 Å². The van der Waals surface area contributed by atoms with Crippen LogP contribution in [0, 0.1) is 0 Å². The summed E-state index contributed by atoms with van der Waals surface area (Å²) in [6.07, 6.45) is 4.38. The molecule has 0 fully saturated rings. The van der Waals surface area contributed by atoms with Crippen LogP contribution in [0.2, 0.25) is 0 Å². The van der Waals surface area contributed by atoms with Crippen LogP contribution in [0.5, 0.6) is 0 Å². The molecule has 0 spiro atoms. The number of halogens is 1. The molecule has 24 heavy (non-hydrogen) atoms. The second kappa shape index (κ2) is 12.0. The third-order valence-corrected chi connectivity index (χ3v) is 3.99. The second-order valence-electron chi connectivity index (χ2n) is 6.18. The Bertz CT molecular complexity index is 458. The molecular weight excluding hydrogens is 307 g/mol. The quantitative estimate of drug-likeness (QED) is 0.365. The molecule has 2 atom stereocenters. The molecule has 0 aliphatic heterocycles. The molecule has 0 radical (unpaired) electrons. The van der Waals surface area contributed by atoms with Gasteiger partial charge in [-0.3, -0.25) is 0 Å². The molecule has 1 aromatic carbocycles. The largest absolute Gasteiger partial charge is 0.462 e. The third-order valence-electron chi connectivity index (χ3n) is 3.99. The summed E-state index contributed by atoms with van der Waals surface area (Å²) in [7, 11) is 0. The van der Waals surface area contributed by atoms with E-state index in [0.717, 1.165) is 37.7 Å². The highest BCUT2D eigenvalue weighted by Crippen LogP contribution is 2.19. The lowest BCUT2D eigenvalue weighted by Crippen LogP contribution is -2.13. The van der Waals surface area contributed by atoms with Gasteiger partial charge >= 0.3 is 5.97 Å². The summed E-state index contributed by atoms with van der Waals surface area (Å²) >= 11 is 0. The summed E-state index contributed by atoms with van der Waals surface area (Å²) in [5, 5.41) is 0. The van der Waals surface area contributed by atoms with Gasteiger partial charge in [0.2, 0.25) is 0 Å². The fraction of sp³-hybridized carbons (Fsp3) is 0.650. The molecule has 0 N–H and O–H groups in total. The summed E-state index contributed by atoms with van der Waals surface area (Å²) in [6.45, 7) is 6.62. The Labute approximate surface area is 145 Å². The van der Waals surface area contributed by atoms with Crippen LogP contribution in [0.25, 0.3) is 0 Å². The highest BCUT2D eigenvalue weighted by atomic mass is 19.1. The summed E-state index contributed by atoms with van der Waals surface area (Å²) in [4.78, 5) is 11.8. The molecule has 4 heteroatoms. The van der Waals surface area contributed by atoms with Gasteiger partial charge in [-0.1, -0.05) is 51.7 Å². The normalized spacial score (nSPS) is 13.5. The molecule has 0 aliphatic rings. The number of benzene rings is 1. The Morgan fingerprint density at radius 2 is 1.75 bits per heavy atom. The molecule has 1 rings (SSSR count). The maximum atomic E-state index is 13.7. The zero-order valence-corrected chi connectivity index (χ0v) is 15.2. The van der Waals surface area contributed by atoms with E-state index in [2.05, 4.69) is 13.8 Å². The van der Waals surface area contributed by atoms with E-state index in [1.165, 1.54) is 0 Å². The number of ether oxygens (including phenoxy) is 2. The molecule has 0 bridgehead atoms. The van der Waals surface area contributed by atoms with E-state index in [-0.39, 0.29) is 18.7 Å². The van der Waals surface area contributed by atoms with Crippen LogP contribution in [0.15, 0.2) is 24.3 Å². The van der Waals surface area contributed by atoms with Crippen molar-refractivity contribution in [3.8, 4) is 0 Å². The average molecular weight is 338 g/mol. The number of carbonyl (C=O) groups is 1. The van der Waals surface area contributed by atoms with E-state index in [1.807, 2.05) is 19.1 Å². The number of alkyl halides is 1. The summed E-state index contributed by atoms with van der Waals surface area (Å²) in [6, 6.07) is 7.14. The monoisotopic (exact) mass is 338 g/mol. The van der Waals surface area contributed by atoms with E-state index in [0.29, 0.717) is 18.6 Å². The Morgan fingerprint density at radius 3 is 2.38 bits per heavy atom. The predicted octanol–water partition coefficient (Wildman–Crippen LogP) is 5.64. The number of rotatable bonds is 12. The molecule has 0 aliphatic carbocycles. The van der Waals surface area contributed by atoms with Crippen molar-refractivity contribution in [2.75, 3.05) is 13.2 Å². The van der Waals surface area contributed by atoms with Gasteiger partial charge in [-0.15, -0.1) is 0 Å². The van der Waals surface area contributed by atoms with Crippen molar-refractivity contribution in [3.63, 3.8) is 0 Å². The molecule has 0 saturated heterocycles. The van der Waals surface area contributed by atoms with E-state index < -0.39 is 6.17 Å². The Balaban J connectivity index is 2.40. The maximum Gasteiger partial charge on any atom is 0.338 e. The van der Waals surface area contributed by atoms with Crippen molar-refractivity contribution >= 4 is 5.97 Å². The van der Waals surface area contributed by atoms with Crippen molar-refractivity contribution in [2.24, 2.45) is 0 Å².